The van der Waals surface area contributed by atoms with E-state index in [1.165, 1.54) is 11.3 Å². The van der Waals surface area contributed by atoms with Crippen LogP contribution in [0.1, 0.15) is 6.92 Å². The van der Waals surface area contributed by atoms with Crippen molar-refractivity contribution in [2.45, 2.75) is 17.2 Å². The lowest BCUT2D eigenvalue weighted by molar-refractivity contribution is 0.573. The Labute approximate surface area is 115 Å². The van der Waals surface area contributed by atoms with Crippen LogP contribution >= 0.6 is 55.8 Å². The minimum Gasteiger partial charge on any atom is -0.207 e. The van der Waals surface area contributed by atoms with Crippen molar-refractivity contribution in [2.75, 3.05) is 5.75 Å². The molecule has 0 saturated heterocycles. The van der Waals surface area contributed by atoms with Gasteiger partial charge in [-0.25, -0.2) is 13.1 Å². The van der Waals surface area contributed by atoms with Gasteiger partial charge in [0.1, 0.15) is 4.21 Å². The Morgan fingerprint density at radius 3 is 2.60 bits per heavy atom. The van der Waals surface area contributed by atoms with Crippen molar-refractivity contribution in [3.8, 4) is 0 Å². The highest BCUT2D eigenvalue weighted by molar-refractivity contribution is 9.11. The lowest BCUT2D eigenvalue weighted by Crippen LogP contribution is -2.33. The van der Waals surface area contributed by atoms with Gasteiger partial charge < -0.3 is 0 Å². The lowest BCUT2D eigenvalue weighted by atomic mass is 10.4. The monoisotopic (exact) mass is 393 g/mol. The van der Waals surface area contributed by atoms with Crippen LogP contribution in [-0.4, -0.2) is 20.2 Å². The van der Waals surface area contributed by atoms with Gasteiger partial charge in [-0.15, -0.1) is 11.3 Å². The molecule has 0 aliphatic rings. The fourth-order valence-corrected chi connectivity index (χ4v) is 6.08. The average Bonchev–Trinajstić information content (AvgIpc) is 2.45. The average molecular weight is 395 g/mol. The zero-order chi connectivity index (χ0) is 11.6. The molecule has 0 spiro atoms. The Balaban J connectivity index is 3.01. The number of hydrogen-bond acceptors (Lipinski definition) is 4. The number of thiophene rings is 1. The molecule has 1 atom stereocenters. The molecule has 3 nitrogen and oxygen atoms in total. The number of thiol groups is 1. The summed E-state index contributed by atoms with van der Waals surface area (Å²) in [4.78, 5) is 0. The molecule has 1 unspecified atom stereocenters. The van der Waals surface area contributed by atoms with E-state index in [0.29, 0.717) is 10.2 Å². The molecule has 15 heavy (non-hydrogen) atoms. The predicted molar refractivity (Wildman–Crippen MR) is 73.4 cm³/mol. The van der Waals surface area contributed by atoms with E-state index in [4.69, 9.17) is 0 Å². The molecule has 1 rings (SSSR count). The highest BCUT2D eigenvalue weighted by Crippen LogP contribution is 2.34. The van der Waals surface area contributed by atoms with Gasteiger partial charge in [0, 0.05) is 16.3 Å². The third-order valence-electron chi connectivity index (χ3n) is 1.50. The van der Waals surface area contributed by atoms with E-state index in [2.05, 4.69) is 49.2 Å². The Hall–Kier alpha value is 0.920. The molecule has 0 fully saturated rings. The van der Waals surface area contributed by atoms with E-state index < -0.39 is 10.0 Å². The van der Waals surface area contributed by atoms with Gasteiger partial charge >= 0.3 is 0 Å². The van der Waals surface area contributed by atoms with Gasteiger partial charge in [0.2, 0.25) is 0 Å². The molecule has 0 bridgehead atoms. The number of halogens is 2. The van der Waals surface area contributed by atoms with E-state index in [9.17, 15) is 8.42 Å². The molecule has 0 saturated carbocycles. The van der Waals surface area contributed by atoms with Crippen molar-refractivity contribution < 1.29 is 8.42 Å². The Kier molecular flexibility index (Phi) is 5.13. The maximum Gasteiger partial charge on any atom is 0.251 e. The second-order valence-corrected chi connectivity index (χ2v) is 8.45. The second-order valence-electron chi connectivity index (χ2n) is 2.89. The first-order valence-electron chi connectivity index (χ1n) is 3.95. The van der Waals surface area contributed by atoms with Gasteiger partial charge in [-0.1, -0.05) is 0 Å². The van der Waals surface area contributed by atoms with Crippen molar-refractivity contribution in [3.63, 3.8) is 0 Å². The normalized spacial score (nSPS) is 14.1. The van der Waals surface area contributed by atoms with Crippen molar-refractivity contribution in [3.05, 3.63) is 14.3 Å². The fraction of sp³-hybridized carbons (Fsp3) is 0.429. The summed E-state index contributed by atoms with van der Waals surface area (Å²) in [6.07, 6.45) is 0. The van der Waals surface area contributed by atoms with Crippen molar-refractivity contribution >= 4 is 65.8 Å². The molecule has 1 N–H and O–H groups in total. The van der Waals surface area contributed by atoms with Crippen LogP contribution in [0.4, 0.5) is 0 Å². The Bertz CT molecular complexity index is 443. The quantitative estimate of drug-likeness (QED) is 0.771. The molecule has 1 aromatic rings. The molecular weight excluding hydrogens is 386 g/mol. The van der Waals surface area contributed by atoms with Gasteiger partial charge in [-0.05, 0) is 44.8 Å². The van der Waals surface area contributed by atoms with Gasteiger partial charge in [-0.3, -0.25) is 0 Å². The van der Waals surface area contributed by atoms with E-state index in [1.54, 1.807) is 13.0 Å². The first-order chi connectivity index (χ1) is 6.86. The third kappa shape index (κ3) is 3.71. The summed E-state index contributed by atoms with van der Waals surface area (Å²) in [5, 5.41) is 0. The number of rotatable bonds is 4. The SMILES string of the molecule is CC(CS)NS(=O)(=O)c1sc(Br)cc1Br. The summed E-state index contributed by atoms with van der Waals surface area (Å²) in [6.45, 7) is 1.76. The zero-order valence-electron chi connectivity index (χ0n) is 7.70. The van der Waals surface area contributed by atoms with Crippen LogP contribution in [0.15, 0.2) is 18.5 Å². The van der Waals surface area contributed by atoms with Crippen LogP contribution in [-0.2, 0) is 10.0 Å². The second kappa shape index (κ2) is 5.50. The van der Waals surface area contributed by atoms with Gasteiger partial charge in [0.25, 0.3) is 10.0 Å². The Morgan fingerprint density at radius 1 is 1.60 bits per heavy atom. The van der Waals surface area contributed by atoms with Crippen molar-refractivity contribution in [2.24, 2.45) is 0 Å². The predicted octanol–water partition coefficient (Wildman–Crippen LogP) is 2.87. The summed E-state index contributed by atoms with van der Waals surface area (Å²) < 4.78 is 27.9. The van der Waals surface area contributed by atoms with Crippen LogP contribution < -0.4 is 4.72 Å². The van der Waals surface area contributed by atoms with Crippen LogP contribution in [0.25, 0.3) is 0 Å². The van der Waals surface area contributed by atoms with Crippen LogP contribution in [0.5, 0.6) is 0 Å². The summed E-state index contributed by atoms with van der Waals surface area (Å²) >= 11 is 11.6. The molecule has 0 radical (unpaired) electrons. The smallest absolute Gasteiger partial charge is 0.207 e. The molecule has 0 aliphatic heterocycles. The summed E-state index contributed by atoms with van der Waals surface area (Å²) in [5.41, 5.74) is 0. The maximum atomic E-state index is 11.9. The van der Waals surface area contributed by atoms with Crippen molar-refractivity contribution in [1.29, 1.82) is 0 Å². The lowest BCUT2D eigenvalue weighted by Gasteiger charge is -2.10. The Morgan fingerprint density at radius 2 is 2.20 bits per heavy atom. The minimum absolute atomic E-state index is 0.189. The third-order valence-corrected chi connectivity index (χ3v) is 6.96. The van der Waals surface area contributed by atoms with Gasteiger partial charge in [0.05, 0.1) is 3.79 Å². The van der Waals surface area contributed by atoms with Gasteiger partial charge in [-0.2, -0.15) is 12.6 Å². The molecule has 0 aromatic carbocycles. The molecular formula is C7H9Br2NO2S3. The molecule has 8 heteroatoms. The van der Waals surface area contributed by atoms with Crippen molar-refractivity contribution in [1.82, 2.24) is 4.72 Å². The molecule has 1 aromatic heterocycles. The topological polar surface area (TPSA) is 46.2 Å². The number of hydrogen-bond donors (Lipinski definition) is 2. The zero-order valence-corrected chi connectivity index (χ0v) is 13.4. The van der Waals surface area contributed by atoms with E-state index >= 15 is 0 Å². The molecule has 86 valence electrons. The first kappa shape index (κ1) is 14.0. The highest BCUT2D eigenvalue weighted by atomic mass is 79.9. The molecule has 0 aliphatic carbocycles. The standard InChI is InChI=1S/C7H9Br2NO2S3/c1-4(3-13)10-15(11,12)7-5(8)2-6(9)14-7/h2,4,10,13H,3H2,1H3. The maximum absolute atomic E-state index is 11.9. The largest absolute Gasteiger partial charge is 0.251 e. The van der Waals surface area contributed by atoms with Crippen LogP contribution in [0.2, 0.25) is 0 Å². The molecule has 0 amide bonds. The highest BCUT2D eigenvalue weighted by Gasteiger charge is 2.22. The van der Waals surface area contributed by atoms with Crippen LogP contribution in [0, 0.1) is 0 Å². The number of nitrogens with one attached hydrogen (secondary N) is 1. The minimum atomic E-state index is -3.44. The van der Waals surface area contributed by atoms with E-state index in [0.717, 1.165) is 3.79 Å². The fourth-order valence-electron chi connectivity index (χ4n) is 0.864. The van der Waals surface area contributed by atoms with Gasteiger partial charge in [0.15, 0.2) is 0 Å². The van der Waals surface area contributed by atoms with E-state index in [-0.39, 0.29) is 10.3 Å². The molecule has 1 heterocycles. The summed E-state index contributed by atoms with van der Waals surface area (Å²) in [5.74, 6) is 0.462. The van der Waals surface area contributed by atoms with Crippen LogP contribution in [0.3, 0.4) is 0 Å². The first-order valence-corrected chi connectivity index (χ1v) is 8.46. The summed E-state index contributed by atoms with van der Waals surface area (Å²) in [6, 6.07) is 1.52. The number of sulfonamides is 1. The summed E-state index contributed by atoms with van der Waals surface area (Å²) in [7, 11) is -3.44. The van der Waals surface area contributed by atoms with E-state index in [1.807, 2.05) is 0 Å².